The summed E-state index contributed by atoms with van der Waals surface area (Å²) in [5.41, 5.74) is -0.347. The van der Waals surface area contributed by atoms with Crippen LogP contribution in [0.4, 0.5) is 13.2 Å². The molecule has 30 heavy (non-hydrogen) atoms. The number of carbonyl (C=O) groups is 1. The van der Waals surface area contributed by atoms with Crippen LogP contribution in [0.15, 0.2) is 56.3 Å². The maximum absolute atomic E-state index is 12.9. The average Bonchev–Trinajstić information content (AvgIpc) is 2.65. The van der Waals surface area contributed by atoms with Crippen LogP contribution >= 0.6 is 31.9 Å². The van der Waals surface area contributed by atoms with Crippen LogP contribution in [0.1, 0.15) is 18.1 Å². The lowest BCUT2D eigenvalue weighted by atomic mass is 9.93. The molecule has 2 atom stereocenters. The first-order chi connectivity index (χ1) is 13.8. The highest BCUT2D eigenvalue weighted by atomic mass is 79.9. The Balaban J connectivity index is 2.30. The summed E-state index contributed by atoms with van der Waals surface area (Å²) in [6, 6.07) is 7.76. The van der Waals surface area contributed by atoms with Gasteiger partial charge in [-0.25, -0.2) is 13.1 Å². The summed E-state index contributed by atoms with van der Waals surface area (Å²) in [5, 5.41) is 0. The molecule has 11 heteroatoms. The monoisotopic (exact) mass is 571 g/mol. The molecule has 0 saturated carbocycles. The van der Waals surface area contributed by atoms with Gasteiger partial charge in [0.1, 0.15) is 0 Å². The maximum atomic E-state index is 12.9. The van der Waals surface area contributed by atoms with Crippen LogP contribution in [-0.2, 0) is 32.2 Å². The molecule has 0 aliphatic rings. The minimum Gasteiger partial charge on any atom is -0.469 e. The zero-order valence-electron chi connectivity index (χ0n) is 15.8. The van der Waals surface area contributed by atoms with Gasteiger partial charge in [0.05, 0.1) is 23.5 Å². The smallest absolute Gasteiger partial charge is 0.416 e. The number of hydrogen-bond donors (Lipinski definition) is 1. The molecule has 0 aliphatic heterocycles. The van der Waals surface area contributed by atoms with Crippen LogP contribution < -0.4 is 4.72 Å². The third kappa shape index (κ3) is 6.29. The largest absolute Gasteiger partial charge is 0.469 e. The third-order valence-electron chi connectivity index (χ3n) is 4.38. The third-order valence-corrected chi connectivity index (χ3v) is 7.16. The first-order valence-electron chi connectivity index (χ1n) is 8.56. The first kappa shape index (κ1) is 24.8. The molecule has 0 heterocycles. The van der Waals surface area contributed by atoms with Gasteiger partial charge in [0.2, 0.25) is 10.0 Å². The zero-order valence-corrected chi connectivity index (χ0v) is 19.8. The number of ether oxygens (including phenoxy) is 1. The molecule has 2 aromatic rings. The van der Waals surface area contributed by atoms with Gasteiger partial charge in [-0.15, -0.1) is 0 Å². The maximum Gasteiger partial charge on any atom is 0.416 e. The summed E-state index contributed by atoms with van der Waals surface area (Å²) in [4.78, 5) is 11.8. The number of halogens is 5. The van der Waals surface area contributed by atoms with E-state index in [1.165, 1.54) is 14.0 Å². The van der Waals surface area contributed by atoms with Crippen molar-refractivity contribution in [2.24, 2.45) is 5.92 Å². The minimum atomic E-state index is -4.68. The number of hydrogen-bond acceptors (Lipinski definition) is 4. The van der Waals surface area contributed by atoms with Crippen LogP contribution in [0, 0.1) is 5.92 Å². The molecule has 0 unspecified atom stereocenters. The van der Waals surface area contributed by atoms with Gasteiger partial charge in [-0.1, -0.05) is 44.0 Å². The summed E-state index contributed by atoms with van der Waals surface area (Å²) in [7, 11) is -3.13. The fourth-order valence-corrected chi connectivity index (χ4v) is 5.31. The molecule has 1 N–H and O–H groups in total. The van der Waals surface area contributed by atoms with Crippen molar-refractivity contribution in [3.63, 3.8) is 0 Å². The Bertz CT molecular complexity index is 1030. The fourth-order valence-electron chi connectivity index (χ4n) is 2.77. The van der Waals surface area contributed by atoms with Gasteiger partial charge < -0.3 is 4.74 Å². The highest BCUT2D eigenvalue weighted by Gasteiger charge is 2.34. The van der Waals surface area contributed by atoms with Gasteiger partial charge in [-0.3, -0.25) is 4.79 Å². The number of benzene rings is 2. The summed E-state index contributed by atoms with van der Waals surface area (Å²) in [5.74, 6) is -1.56. The molecule has 0 radical (unpaired) electrons. The SMILES string of the molecule is COC(=O)[C@H](Cc1ccc(Br)cc1Br)[C@@H](C)NS(=O)(=O)c1cccc(C(F)(F)F)c1. The number of methoxy groups -OCH3 is 1. The molecule has 0 bridgehead atoms. The number of rotatable bonds is 7. The molecule has 0 spiro atoms. The van der Waals surface area contributed by atoms with E-state index >= 15 is 0 Å². The van der Waals surface area contributed by atoms with E-state index in [4.69, 9.17) is 4.74 Å². The van der Waals surface area contributed by atoms with Crippen LogP contribution in [0.5, 0.6) is 0 Å². The lowest BCUT2D eigenvalue weighted by Gasteiger charge is -2.23. The molecule has 0 aromatic heterocycles. The van der Waals surface area contributed by atoms with E-state index in [9.17, 15) is 26.4 Å². The average molecular weight is 573 g/mol. The predicted octanol–water partition coefficient (Wildman–Crippen LogP) is 4.93. The Labute approximate surface area is 189 Å². The Morgan fingerprint density at radius 2 is 1.83 bits per heavy atom. The van der Waals surface area contributed by atoms with Crippen molar-refractivity contribution in [1.82, 2.24) is 4.72 Å². The summed E-state index contributed by atoms with van der Waals surface area (Å²) in [6.45, 7) is 1.46. The second-order valence-electron chi connectivity index (χ2n) is 6.51. The lowest BCUT2D eigenvalue weighted by molar-refractivity contribution is -0.146. The van der Waals surface area contributed by atoms with Gasteiger partial charge in [0, 0.05) is 15.0 Å². The van der Waals surface area contributed by atoms with Crippen LogP contribution in [-0.4, -0.2) is 27.5 Å². The van der Waals surface area contributed by atoms with E-state index in [1.54, 1.807) is 18.2 Å². The quantitative estimate of drug-likeness (QED) is 0.478. The van der Waals surface area contributed by atoms with E-state index in [0.717, 1.165) is 28.2 Å². The van der Waals surface area contributed by atoms with E-state index in [1.807, 2.05) is 0 Å². The Kier molecular flexibility index (Phi) is 8.11. The summed E-state index contributed by atoms with van der Waals surface area (Å²) >= 11 is 6.72. The highest BCUT2D eigenvalue weighted by Crippen LogP contribution is 2.31. The second-order valence-corrected chi connectivity index (χ2v) is 9.99. The van der Waals surface area contributed by atoms with E-state index in [0.29, 0.717) is 10.5 Å². The van der Waals surface area contributed by atoms with E-state index < -0.39 is 44.6 Å². The van der Waals surface area contributed by atoms with E-state index in [2.05, 4.69) is 36.6 Å². The molecule has 0 saturated heterocycles. The molecule has 2 aromatic carbocycles. The van der Waals surface area contributed by atoms with Gasteiger partial charge in [-0.05, 0) is 49.2 Å². The highest BCUT2D eigenvalue weighted by molar-refractivity contribution is 9.11. The van der Waals surface area contributed by atoms with Crippen molar-refractivity contribution in [1.29, 1.82) is 0 Å². The lowest BCUT2D eigenvalue weighted by Crippen LogP contribution is -2.42. The second kappa shape index (κ2) is 9.80. The van der Waals surface area contributed by atoms with Crippen molar-refractivity contribution in [2.75, 3.05) is 7.11 Å². The molecule has 5 nitrogen and oxygen atoms in total. The van der Waals surface area contributed by atoms with Crippen LogP contribution in [0.3, 0.4) is 0 Å². The number of esters is 1. The summed E-state index contributed by atoms with van der Waals surface area (Å²) in [6.07, 6.45) is -4.54. The fraction of sp³-hybridized carbons (Fsp3) is 0.316. The Morgan fingerprint density at radius 1 is 1.17 bits per heavy atom. The summed E-state index contributed by atoms with van der Waals surface area (Å²) < 4.78 is 72.7. The van der Waals surface area contributed by atoms with Crippen molar-refractivity contribution < 1.29 is 31.1 Å². The molecule has 164 valence electrons. The standard InChI is InChI=1S/C19H18Br2F3NO4S/c1-11(16(18(26)29-2)8-12-6-7-14(20)10-17(12)21)25-30(27,28)15-5-3-4-13(9-15)19(22,23)24/h3-7,9-11,16,25H,8H2,1-2H3/t11-,16-/m1/s1. The number of carbonyl (C=O) groups excluding carboxylic acids is 1. The van der Waals surface area contributed by atoms with Gasteiger partial charge in [-0.2, -0.15) is 13.2 Å². The van der Waals surface area contributed by atoms with Gasteiger partial charge in [0.25, 0.3) is 0 Å². The number of alkyl halides is 3. The van der Waals surface area contributed by atoms with Crippen molar-refractivity contribution in [2.45, 2.75) is 30.5 Å². The topological polar surface area (TPSA) is 72.5 Å². The van der Waals surface area contributed by atoms with Crippen LogP contribution in [0.25, 0.3) is 0 Å². The Hall–Kier alpha value is -1.43. The predicted molar refractivity (Wildman–Crippen MR) is 112 cm³/mol. The van der Waals surface area contributed by atoms with Gasteiger partial charge >= 0.3 is 12.1 Å². The zero-order chi connectivity index (χ0) is 22.7. The van der Waals surface area contributed by atoms with Crippen molar-refractivity contribution in [3.8, 4) is 0 Å². The minimum absolute atomic E-state index is 0.146. The van der Waals surface area contributed by atoms with E-state index in [-0.39, 0.29) is 6.42 Å². The van der Waals surface area contributed by atoms with Crippen molar-refractivity contribution >= 4 is 47.9 Å². The molecule has 0 amide bonds. The normalized spacial score (nSPS) is 14.2. The van der Waals surface area contributed by atoms with Crippen LogP contribution in [0.2, 0.25) is 0 Å². The Morgan fingerprint density at radius 3 is 2.40 bits per heavy atom. The molecule has 0 fully saturated rings. The van der Waals surface area contributed by atoms with Gasteiger partial charge in [0.15, 0.2) is 0 Å². The van der Waals surface area contributed by atoms with Crippen molar-refractivity contribution in [3.05, 3.63) is 62.5 Å². The molecular formula is C19H18Br2F3NO4S. The number of sulfonamides is 1. The molecule has 0 aliphatic carbocycles. The molecular weight excluding hydrogens is 555 g/mol. The number of nitrogens with one attached hydrogen (secondary N) is 1. The molecule has 2 rings (SSSR count). The first-order valence-corrected chi connectivity index (χ1v) is 11.6.